The van der Waals surface area contributed by atoms with Crippen molar-refractivity contribution in [1.82, 2.24) is 0 Å². The summed E-state index contributed by atoms with van der Waals surface area (Å²) in [6.45, 7) is 0. The maximum atomic E-state index is 12.1. The lowest BCUT2D eigenvalue weighted by Gasteiger charge is -2.03. The third-order valence-electron chi connectivity index (χ3n) is 2.54. The van der Waals surface area contributed by atoms with Crippen molar-refractivity contribution in [2.24, 2.45) is 0 Å². The van der Waals surface area contributed by atoms with Gasteiger partial charge in [-0.15, -0.1) is 0 Å². The van der Waals surface area contributed by atoms with Crippen molar-refractivity contribution in [1.29, 1.82) is 0 Å². The zero-order valence-corrected chi connectivity index (χ0v) is 10.3. The van der Waals surface area contributed by atoms with Gasteiger partial charge in [0.1, 0.15) is 5.75 Å². The molecule has 0 aliphatic carbocycles. The Hall–Kier alpha value is -2.40. The molecule has 0 amide bonds. The number of phenolic OH excluding ortho intramolecular Hbond substituents is 1. The molecule has 0 aliphatic heterocycles. The van der Waals surface area contributed by atoms with Gasteiger partial charge < -0.3 is 5.11 Å². The Kier molecular flexibility index (Phi) is 3.48. The molecule has 0 aromatic heterocycles. The lowest BCUT2D eigenvalue weighted by Crippen LogP contribution is -2.02. The molecular weight excluding hydrogens is 270 g/mol. The Balaban J connectivity index is 2.39. The lowest BCUT2D eigenvalue weighted by atomic mass is 10.0. The van der Waals surface area contributed by atoms with E-state index in [-0.39, 0.29) is 27.8 Å². The number of carbonyl (C=O) groups excluding carboxylic acids is 1. The summed E-state index contributed by atoms with van der Waals surface area (Å²) in [4.78, 5) is 22.1. The third kappa shape index (κ3) is 2.71. The zero-order valence-electron chi connectivity index (χ0n) is 9.54. The van der Waals surface area contributed by atoms with Crippen LogP contribution in [0.4, 0.5) is 5.69 Å². The van der Waals surface area contributed by atoms with Gasteiger partial charge in [0.2, 0.25) is 0 Å². The van der Waals surface area contributed by atoms with Gasteiger partial charge in [0.15, 0.2) is 5.78 Å². The number of aromatic hydroxyl groups is 1. The molecule has 6 heteroatoms. The van der Waals surface area contributed by atoms with Gasteiger partial charge in [-0.05, 0) is 30.3 Å². The van der Waals surface area contributed by atoms with Crippen molar-refractivity contribution >= 4 is 23.1 Å². The van der Waals surface area contributed by atoms with Crippen molar-refractivity contribution in [2.75, 3.05) is 0 Å². The van der Waals surface area contributed by atoms with Gasteiger partial charge in [-0.3, -0.25) is 14.9 Å². The summed E-state index contributed by atoms with van der Waals surface area (Å²) in [7, 11) is 0. The van der Waals surface area contributed by atoms with Gasteiger partial charge in [-0.1, -0.05) is 11.6 Å². The number of halogens is 1. The highest BCUT2D eigenvalue weighted by Gasteiger charge is 2.16. The number of non-ortho nitro benzene ring substituents is 1. The lowest BCUT2D eigenvalue weighted by molar-refractivity contribution is -0.384. The standard InChI is InChI=1S/C13H8ClNO4/c14-12-7-9(15(18)19)3-6-11(12)13(17)8-1-4-10(16)5-2-8/h1-7,16H. The number of nitro groups is 1. The van der Waals surface area contributed by atoms with E-state index in [4.69, 9.17) is 16.7 Å². The Morgan fingerprint density at radius 3 is 2.32 bits per heavy atom. The van der Waals surface area contributed by atoms with E-state index in [1.807, 2.05) is 0 Å². The molecule has 0 saturated heterocycles. The molecule has 0 bridgehead atoms. The summed E-state index contributed by atoms with van der Waals surface area (Å²) in [5.41, 5.74) is 0.346. The number of hydrogen-bond donors (Lipinski definition) is 1. The van der Waals surface area contributed by atoms with Crippen LogP contribution in [0, 0.1) is 10.1 Å². The first-order valence-corrected chi connectivity index (χ1v) is 5.64. The molecule has 0 saturated carbocycles. The van der Waals surface area contributed by atoms with E-state index in [2.05, 4.69) is 0 Å². The fourth-order valence-corrected chi connectivity index (χ4v) is 1.83. The van der Waals surface area contributed by atoms with Crippen molar-refractivity contribution in [3.05, 3.63) is 68.7 Å². The molecular formula is C13H8ClNO4. The fraction of sp³-hybridized carbons (Fsp3) is 0. The van der Waals surface area contributed by atoms with E-state index in [9.17, 15) is 14.9 Å². The summed E-state index contributed by atoms with van der Waals surface area (Å²) in [6, 6.07) is 9.34. The maximum absolute atomic E-state index is 12.1. The van der Waals surface area contributed by atoms with E-state index in [1.165, 1.54) is 36.4 Å². The Labute approximate surface area is 113 Å². The van der Waals surface area contributed by atoms with Crippen LogP contribution in [0.2, 0.25) is 5.02 Å². The van der Waals surface area contributed by atoms with Gasteiger partial charge in [0, 0.05) is 23.3 Å². The van der Waals surface area contributed by atoms with Gasteiger partial charge in [-0.2, -0.15) is 0 Å². The average Bonchev–Trinajstić information content (AvgIpc) is 2.38. The summed E-state index contributed by atoms with van der Waals surface area (Å²) in [5.74, 6) is -0.314. The van der Waals surface area contributed by atoms with Gasteiger partial charge in [-0.25, -0.2) is 0 Å². The fourth-order valence-electron chi connectivity index (χ4n) is 1.57. The van der Waals surface area contributed by atoms with Crippen LogP contribution in [0.5, 0.6) is 5.75 Å². The van der Waals surface area contributed by atoms with Crippen LogP contribution in [-0.2, 0) is 0 Å². The van der Waals surface area contributed by atoms with Crippen molar-refractivity contribution in [2.45, 2.75) is 0 Å². The third-order valence-corrected chi connectivity index (χ3v) is 2.85. The topological polar surface area (TPSA) is 80.4 Å². The van der Waals surface area contributed by atoms with Gasteiger partial charge in [0.25, 0.3) is 5.69 Å². The quantitative estimate of drug-likeness (QED) is 0.531. The predicted molar refractivity (Wildman–Crippen MR) is 69.6 cm³/mol. The number of nitro benzene ring substituents is 1. The van der Waals surface area contributed by atoms with Crippen LogP contribution >= 0.6 is 11.6 Å². The zero-order chi connectivity index (χ0) is 14.0. The van der Waals surface area contributed by atoms with E-state index in [0.717, 1.165) is 6.07 Å². The Morgan fingerprint density at radius 1 is 1.16 bits per heavy atom. The largest absolute Gasteiger partial charge is 0.508 e. The van der Waals surface area contributed by atoms with Crippen LogP contribution in [0.1, 0.15) is 15.9 Å². The SMILES string of the molecule is O=C(c1ccc(O)cc1)c1ccc([N+](=O)[O-])cc1Cl. The summed E-state index contributed by atoms with van der Waals surface area (Å²) < 4.78 is 0. The number of carbonyl (C=O) groups is 1. The van der Waals surface area contributed by atoms with E-state index >= 15 is 0 Å². The second kappa shape index (κ2) is 5.07. The molecule has 0 heterocycles. The summed E-state index contributed by atoms with van der Waals surface area (Å²) in [6.07, 6.45) is 0. The highest BCUT2D eigenvalue weighted by molar-refractivity contribution is 6.35. The van der Waals surface area contributed by atoms with Crippen LogP contribution in [0.25, 0.3) is 0 Å². The highest BCUT2D eigenvalue weighted by atomic mass is 35.5. The van der Waals surface area contributed by atoms with Crippen molar-refractivity contribution < 1.29 is 14.8 Å². The molecule has 0 unspecified atom stereocenters. The Morgan fingerprint density at radius 2 is 1.79 bits per heavy atom. The normalized spacial score (nSPS) is 10.2. The van der Waals surface area contributed by atoms with Crippen molar-refractivity contribution in [3.8, 4) is 5.75 Å². The van der Waals surface area contributed by atoms with E-state index < -0.39 is 4.92 Å². The molecule has 5 nitrogen and oxygen atoms in total. The first-order chi connectivity index (χ1) is 8.99. The molecule has 96 valence electrons. The second-order valence-electron chi connectivity index (χ2n) is 3.80. The number of nitrogens with zero attached hydrogens (tertiary/aromatic N) is 1. The van der Waals surface area contributed by atoms with Crippen LogP contribution in [-0.4, -0.2) is 15.8 Å². The van der Waals surface area contributed by atoms with Crippen molar-refractivity contribution in [3.63, 3.8) is 0 Å². The molecule has 2 aromatic rings. The maximum Gasteiger partial charge on any atom is 0.270 e. The van der Waals surface area contributed by atoms with Crippen LogP contribution in [0.15, 0.2) is 42.5 Å². The minimum Gasteiger partial charge on any atom is -0.508 e. The molecule has 0 radical (unpaired) electrons. The molecule has 1 N–H and O–H groups in total. The number of phenols is 1. The van der Waals surface area contributed by atoms with Crippen LogP contribution < -0.4 is 0 Å². The molecule has 2 rings (SSSR count). The minimum absolute atomic E-state index is 0.0206. The molecule has 0 aliphatic rings. The monoisotopic (exact) mass is 277 g/mol. The number of benzene rings is 2. The molecule has 2 aromatic carbocycles. The first kappa shape index (κ1) is 13.0. The number of hydrogen-bond acceptors (Lipinski definition) is 4. The minimum atomic E-state index is -0.583. The molecule has 0 fully saturated rings. The number of rotatable bonds is 3. The van der Waals surface area contributed by atoms with Crippen LogP contribution in [0.3, 0.4) is 0 Å². The summed E-state index contributed by atoms with van der Waals surface area (Å²) >= 11 is 5.87. The van der Waals surface area contributed by atoms with E-state index in [0.29, 0.717) is 5.56 Å². The van der Waals surface area contributed by atoms with Gasteiger partial charge >= 0.3 is 0 Å². The Bertz CT molecular complexity index is 652. The van der Waals surface area contributed by atoms with E-state index in [1.54, 1.807) is 0 Å². The molecule has 19 heavy (non-hydrogen) atoms. The molecule has 0 spiro atoms. The second-order valence-corrected chi connectivity index (χ2v) is 4.20. The van der Waals surface area contributed by atoms with Gasteiger partial charge in [0.05, 0.1) is 9.95 Å². The number of ketones is 1. The molecule has 0 atom stereocenters. The predicted octanol–water partition coefficient (Wildman–Crippen LogP) is 3.18. The first-order valence-electron chi connectivity index (χ1n) is 5.26. The smallest absolute Gasteiger partial charge is 0.270 e. The average molecular weight is 278 g/mol. The summed E-state index contributed by atoms with van der Waals surface area (Å²) in [5, 5.41) is 19.7. The highest BCUT2D eigenvalue weighted by Crippen LogP contribution is 2.25.